The quantitative estimate of drug-likeness (QED) is 0.569. The number of hydrazone groups is 1. The van der Waals surface area contributed by atoms with Crippen molar-refractivity contribution in [3.8, 4) is 5.75 Å². The number of hydrogen-bond acceptors (Lipinski definition) is 3. The Balaban J connectivity index is 2.04. The van der Waals surface area contributed by atoms with E-state index in [2.05, 4.69) is 60.8 Å². The first kappa shape index (κ1) is 16.8. The molecule has 0 atom stereocenters. The van der Waals surface area contributed by atoms with Crippen molar-refractivity contribution in [2.45, 2.75) is 19.9 Å². The summed E-state index contributed by atoms with van der Waals surface area (Å²) in [4.78, 5) is 12.0. The normalized spacial score (nSPS) is 11.3. The Morgan fingerprint density at radius 1 is 1.36 bits per heavy atom. The van der Waals surface area contributed by atoms with E-state index in [0.717, 1.165) is 5.56 Å². The molecule has 2 rings (SSSR count). The number of amides is 1. The van der Waals surface area contributed by atoms with Gasteiger partial charge in [-0.3, -0.25) is 4.79 Å². The minimum Gasteiger partial charge on any atom is -0.506 e. The largest absolute Gasteiger partial charge is 0.506 e. The molecular formula is C15H15Br2N3O2. The van der Waals surface area contributed by atoms with E-state index in [4.69, 9.17) is 0 Å². The van der Waals surface area contributed by atoms with Crippen LogP contribution in [0.4, 0.5) is 0 Å². The van der Waals surface area contributed by atoms with Gasteiger partial charge in [0, 0.05) is 29.6 Å². The van der Waals surface area contributed by atoms with Crippen molar-refractivity contribution in [3.63, 3.8) is 0 Å². The molecule has 2 aromatic rings. The van der Waals surface area contributed by atoms with E-state index >= 15 is 0 Å². The molecule has 1 heterocycles. The molecule has 0 aliphatic rings. The summed E-state index contributed by atoms with van der Waals surface area (Å²) in [5.74, 6) is -0.309. The highest BCUT2D eigenvalue weighted by Crippen LogP contribution is 2.33. The highest BCUT2D eigenvalue weighted by molar-refractivity contribution is 9.11. The molecule has 0 saturated heterocycles. The third-order valence-corrected chi connectivity index (χ3v) is 4.20. The number of carbonyl (C=O) groups excluding carboxylic acids is 1. The van der Waals surface area contributed by atoms with Gasteiger partial charge in [-0.05, 0) is 63.9 Å². The second kappa shape index (κ2) is 7.11. The molecule has 0 unspecified atom stereocenters. The Bertz CT molecular complexity index is 700. The maximum atomic E-state index is 12.0. The van der Waals surface area contributed by atoms with Crippen LogP contribution < -0.4 is 5.43 Å². The van der Waals surface area contributed by atoms with E-state index in [1.165, 1.54) is 12.1 Å². The van der Waals surface area contributed by atoms with Crippen LogP contribution in [-0.4, -0.2) is 21.8 Å². The number of aromatic nitrogens is 1. The molecule has 2 N–H and O–H groups in total. The average molecular weight is 429 g/mol. The third kappa shape index (κ3) is 3.98. The fourth-order valence-electron chi connectivity index (χ4n) is 1.75. The van der Waals surface area contributed by atoms with Crippen molar-refractivity contribution in [1.29, 1.82) is 0 Å². The molecule has 1 amide bonds. The summed E-state index contributed by atoms with van der Waals surface area (Å²) >= 11 is 6.37. The summed E-state index contributed by atoms with van der Waals surface area (Å²) in [6.07, 6.45) is 5.50. The molecule has 0 saturated carbocycles. The van der Waals surface area contributed by atoms with E-state index in [1.54, 1.807) is 6.21 Å². The minimum atomic E-state index is -0.360. The lowest BCUT2D eigenvalue weighted by molar-refractivity contribution is 0.0955. The van der Waals surface area contributed by atoms with Crippen molar-refractivity contribution >= 4 is 44.0 Å². The topological polar surface area (TPSA) is 66.6 Å². The van der Waals surface area contributed by atoms with Crippen molar-refractivity contribution in [1.82, 2.24) is 9.99 Å². The zero-order chi connectivity index (χ0) is 16.3. The molecule has 0 spiro atoms. The summed E-state index contributed by atoms with van der Waals surface area (Å²) in [6.45, 7) is 4.17. The third-order valence-electron chi connectivity index (χ3n) is 2.99. The maximum absolute atomic E-state index is 12.0. The first-order valence-electron chi connectivity index (χ1n) is 6.57. The van der Waals surface area contributed by atoms with Gasteiger partial charge in [-0.15, -0.1) is 0 Å². The van der Waals surface area contributed by atoms with E-state index in [-0.39, 0.29) is 11.7 Å². The van der Waals surface area contributed by atoms with Crippen LogP contribution in [0.5, 0.6) is 5.75 Å². The lowest BCUT2D eigenvalue weighted by Gasteiger charge is -2.05. The molecule has 1 aromatic carbocycles. The molecule has 0 radical (unpaired) electrons. The Morgan fingerprint density at radius 2 is 2.00 bits per heavy atom. The lowest BCUT2D eigenvalue weighted by Crippen LogP contribution is -2.17. The predicted molar refractivity (Wildman–Crippen MR) is 93.4 cm³/mol. The summed E-state index contributed by atoms with van der Waals surface area (Å²) < 4.78 is 2.92. The molecule has 0 bridgehead atoms. The number of halogens is 2. The highest BCUT2D eigenvalue weighted by atomic mass is 79.9. The van der Waals surface area contributed by atoms with Gasteiger partial charge >= 0.3 is 0 Å². The van der Waals surface area contributed by atoms with Crippen LogP contribution in [0.3, 0.4) is 0 Å². The van der Waals surface area contributed by atoms with Crippen LogP contribution in [-0.2, 0) is 0 Å². The van der Waals surface area contributed by atoms with Crippen LogP contribution in [0.15, 0.2) is 44.6 Å². The van der Waals surface area contributed by atoms with Crippen molar-refractivity contribution in [2.75, 3.05) is 0 Å². The standard InChI is InChI=1S/C15H15Br2N3O2/c1-9(2)20-4-3-10(8-20)7-18-19-15(22)11-5-12(16)14(21)13(17)6-11/h3-9,21H,1-2H3,(H,19,22)/b18-7-. The summed E-state index contributed by atoms with van der Waals surface area (Å²) in [5.41, 5.74) is 3.75. The van der Waals surface area contributed by atoms with Crippen LogP contribution in [0, 0.1) is 0 Å². The number of rotatable bonds is 4. The van der Waals surface area contributed by atoms with Crippen molar-refractivity contribution in [3.05, 3.63) is 50.7 Å². The number of aromatic hydroxyl groups is 1. The number of benzene rings is 1. The number of carbonyl (C=O) groups is 1. The Kier molecular flexibility index (Phi) is 5.42. The highest BCUT2D eigenvalue weighted by Gasteiger charge is 2.11. The Labute approximate surface area is 145 Å². The van der Waals surface area contributed by atoms with E-state index < -0.39 is 0 Å². The van der Waals surface area contributed by atoms with Crippen molar-refractivity contribution < 1.29 is 9.90 Å². The van der Waals surface area contributed by atoms with Gasteiger partial charge in [0.15, 0.2) is 0 Å². The van der Waals surface area contributed by atoms with Crippen LogP contribution in [0.2, 0.25) is 0 Å². The monoisotopic (exact) mass is 427 g/mol. The van der Waals surface area contributed by atoms with Gasteiger partial charge in [0.25, 0.3) is 5.91 Å². The SMILES string of the molecule is CC(C)n1ccc(/C=N\NC(=O)c2cc(Br)c(O)c(Br)c2)c1. The van der Waals surface area contributed by atoms with E-state index in [9.17, 15) is 9.90 Å². The van der Waals surface area contributed by atoms with Gasteiger partial charge < -0.3 is 9.67 Å². The molecular weight excluding hydrogens is 414 g/mol. The maximum Gasteiger partial charge on any atom is 0.271 e. The summed E-state index contributed by atoms with van der Waals surface area (Å²) in [5, 5.41) is 13.6. The van der Waals surface area contributed by atoms with Gasteiger partial charge in [-0.2, -0.15) is 5.10 Å². The number of nitrogens with one attached hydrogen (secondary N) is 1. The number of phenols is 1. The Hall–Kier alpha value is -1.60. The van der Waals surface area contributed by atoms with Crippen LogP contribution in [0.25, 0.3) is 0 Å². The molecule has 5 nitrogen and oxygen atoms in total. The minimum absolute atomic E-state index is 0.0510. The zero-order valence-corrected chi connectivity index (χ0v) is 15.2. The molecule has 0 fully saturated rings. The lowest BCUT2D eigenvalue weighted by atomic mass is 10.2. The Morgan fingerprint density at radius 3 is 2.55 bits per heavy atom. The van der Waals surface area contributed by atoms with Gasteiger partial charge in [0.2, 0.25) is 0 Å². The van der Waals surface area contributed by atoms with Gasteiger partial charge in [-0.1, -0.05) is 0 Å². The van der Waals surface area contributed by atoms with E-state index in [1.807, 2.05) is 18.5 Å². The molecule has 1 aromatic heterocycles. The summed E-state index contributed by atoms with van der Waals surface area (Å²) in [7, 11) is 0. The van der Waals surface area contributed by atoms with Gasteiger partial charge in [0.1, 0.15) is 5.75 Å². The molecule has 0 aliphatic heterocycles. The molecule has 7 heteroatoms. The number of nitrogens with zero attached hydrogens (tertiary/aromatic N) is 2. The second-order valence-corrected chi connectivity index (χ2v) is 6.68. The first-order chi connectivity index (χ1) is 10.4. The summed E-state index contributed by atoms with van der Waals surface area (Å²) in [6, 6.07) is 5.35. The fourth-order valence-corrected chi connectivity index (χ4v) is 2.94. The predicted octanol–water partition coefficient (Wildman–Crippen LogP) is 4.06. The molecule has 22 heavy (non-hydrogen) atoms. The average Bonchev–Trinajstić information content (AvgIpc) is 2.93. The van der Waals surface area contributed by atoms with Gasteiger partial charge in [0.05, 0.1) is 15.2 Å². The second-order valence-electron chi connectivity index (χ2n) is 4.97. The zero-order valence-electron chi connectivity index (χ0n) is 12.0. The number of hydrogen-bond donors (Lipinski definition) is 2. The molecule has 0 aliphatic carbocycles. The number of phenolic OH excluding ortho intramolecular Hbond substituents is 1. The van der Waals surface area contributed by atoms with Crippen LogP contribution >= 0.6 is 31.9 Å². The van der Waals surface area contributed by atoms with Crippen molar-refractivity contribution in [2.24, 2.45) is 5.10 Å². The fraction of sp³-hybridized carbons (Fsp3) is 0.200. The van der Waals surface area contributed by atoms with E-state index in [0.29, 0.717) is 20.6 Å². The molecule has 116 valence electrons. The van der Waals surface area contributed by atoms with Gasteiger partial charge in [-0.25, -0.2) is 5.43 Å². The smallest absolute Gasteiger partial charge is 0.271 e. The first-order valence-corrected chi connectivity index (χ1v) is 8.16. The van der Waals surface area contributed by atoms with Crippen LogP contribution in [0.1, 0.15) is 35.8 Å².